The molecule has 0 amide bonds. The van der Waals surface area contributed by atoms with E-state index in [1.807, 2.05) is 6.07 Å². The first-order valence-corrected chi connectivity index (χ1v) is 11.2. The third-order valence-corrected chi connectivity index (χ3v) is 8.93. The van der Waals surface area contributed by atoms with Gasteiger partial charge < -0.3 is 4.43 Å². The van der Waals surface area contributed by atoms with Crippen LogP contribution in [0.25, 0.3) is 6.08 Å². The summed E-state index contributed by atoms with van der Waals surface area (Å²) in [5.74, 6) is 1.06. The Labute approximate surface area is 142 Å². The van der Waals surface area contributed by atoms with Crippen molar-refractivity contribution in [3.63, 3.8) is 0 Å². The van der Waals surface area contributed by atoms with E-state index in [1.165, 1.54) is 11.1 Å². The molecule has 0 atom stereocenters. The summed E-state index contributed by atoms with van der Waals surface area (Å²) in [5.41, 5.74) is 2.48. The van der Waals surface area contributed by atoms with Crippen LogP contribution in [-0.4, -0.2) is 8.32 Å². The van der Waals surface area contributed by atoms with Gasteiger partial charge in [-0.25, -0.2) is 0 Å². The van der Waals surface area contributed by atoms with Crippen molar-refractivity contribution in [2.24, 2.45) is 0 Å². The zero-order valence-corrected chi connectivity index (χ0v) is 16.0. The molecule has 2 aromatic rings. The fourth-order valence-electron chi connectivity index (χ4n) is 2.13. The molecule has 0 fully saturated rings. The summed E-state index contributed by atoms with van der Waals surface area (Å²) in [6.07, 6.45) is 3.02. The van der Waals surface area contributed by atoms with Crippen LogP contribution in [0.15, 0.2) is 66.4 Å². The maximum absolute atomic E-state index is 6.61. The van der Waals surface area contributed by atoms with Crippen LogP contribution in [0.3, 0.4) is 0 Å². The average Bonchev–Trinajstić information content (AvgIpc) is 2.47. The second-order valence-corrected chi connectivity index (χ2v) is 12.3. The average molecular weight is 325 g/mol. The maximum atomic E-state index is 6.61. The highest BCUT2D eigenvalue weighted by molar-refractivity contribution is 6.74. The highest BCUT2D eigenvalue weighted by Crippen LogP contribution is 2.38. The summed E-state index contributed by atoms with van der Waals surface area (Å²) < 4.78 is 6.61. The molecular formula is C21H28OSi. The number of rotatable bonds is 5. The lowest BCUT2D eigenvalue weighted by Gasteiger charge is -2.37. The first kappa shape index (κ1) is 17.5. The summed E-state index contributed by atoms with van der Waals surface area (Å²) >= 11 is 0. The predicted octanol–water partition coefficient (Wildman–Crippen LogP) is 6.29. The molecule has 0 saturated heterocycles. The molecule has 0 radical (unpaired) electrons. The van der Waals surface area contributed by atoms with Gasteiger partial charge in [0.15, 0.2) is 0 Å². The fraction of sp³-hybridized carbons (Fsp3) is 0.333. The molecule has 23 heavy (non-hydrogen) atoms. The lowest BCUT2D eigenvalue weighted by Crippen LogP contribution is -2.40. The molecule has 0 unspecified atom stereocenters. The van der Waals surface area contributed by atoms with Gasteiger partial charge in [-0.05, 0) is 35.3 Å². The molecule has 2 aromatic carbocycles. The lowest BCUT2D eigenvalue weighted by atomic mass is 10.1. The highest BCUT2D eigenvalue weighted by Gasteiger charge is 2.39. The van der Waals surface area contributed by atoms with Gasteiger partial charge >= 0.3 is 0 Å². The van der Waals surface area contributed by atoms with Gasteiger partial charge in [0.2, 0.25) is 8.32 Å². The van der Waals surface area contributed by atoms with Crippen LogP contribution in [0.1, 0.15) is 31.9 Å². The summed E-state index contributed by atoms with van der Waals surface area (Å²) in [7, 11) is -1.84. The molecule has 0 N–H and O–H groups in total. The van der Waals surface area contributed by atoms with Crippen LogP contribution in [-0.2, 0) is 10.8 Å². The maximum Gasteiger partial charge on any atom is 0.250 e. The number of hydrogen-bond acceptors (Lipinski definition) is 1. The summed E-state index contributed by atoms with van der Waals surface area (Å²) in [4.78, 5) is 0. The van der Waals surface area contributed by atoms with E-state index in [0.29, 0.717) is 0 Å². The largest absolute Gasteiger partial charge is 0.546 e. The summed E-state index contributed by atoms with van der Waals surface area (Å²) in [6.45, 7) is 11.4. The molecule has 0 aliphatic heterocycles. The molecule has 2 heteroatoms. The van der Waals surface area contributed by atoms with Crippen LogP contribution in [0.5, 0.6) is 0 Å². The van der Waals surface area contributed by atoms with E-state index in [9.17, 15) is 0 Å². The van der Waals surface area contributed by atoms with Gasteiger partial charge in [0, 0.05) is 6.42 Å². The molecule has 0 aliphatic rings. The van der Waals surface area contributed by atoms with Crippen molar-refractivity contribution in [2.45, 2.75) is 45.3 Å². The van der Waals surface area contributed by atoms with Gasteiger partial charge in [0.05, 0.1) is 5.76 Å². The van der Waals surface area contributed by atoms with E-state index in [-0.39, 0.29) is 5.04 Å². The minimum absolute atomic E-state index is 0.194. The first-order chi connectivity index (χ1) is 10.8. The van der Waals surface area contributed by atoms with Crippen molar-refractivity contribution in [1.82, 2.24) is 0 Å². The minimum Gasteiger partial charge on any atom is -0.546 e. The minimum atomic E-state index is -1.84. The van der Waals surface area contributed by atoms with E-state index in [2.05, 4.69) is 94.5 Å². The molecule has 122 valence electrons. The zero-order valence-electron chi connectivity index (χ0n) is 15.0. The Hall–Kier alpha value is -1.80. The van der Waals surface area contributed by atoms with Gasteiger partial charge in [0.1, 0.15) is 0 Å². The van der Waals surface area contributed by atoms with E-state index >= 15 is 0 Å². The van der Waals surface area contributed by atoms with Crippen molar-refractivity contribution < 1.29 is 4.43 Å². The smallest absolute Gasteiger partial charge is 0.250 e. The fourth-order valence-corrected chi connectivity index (χ4v) is 3.22. The third kappa shape index (κ3) is 5.10. The van der Waals surface area contributed by atoms with Gasteiger partial charge in [0.25, 0.3) is 0 Å². The summed E-state index contributed by atoms with van der Waals surface area (Å²) in [5, 5.41) is 0.194. The van der Waals surface area contributed by atoms with Crippen molar-refractivity contribution in [3.05, 3.63) is 77.5 Å². The Bertz CT molecular complexity index is 637. The molecular weight excluding hydrogens is 296 g/mol. The monoisotopic (exact) mass is 324 g/mol. The van der Waals surface area contributed by atoms with E-state index in [1.54, 1.807) is 0 Å². The Balaban J connectivity index is 2.30. The Morgan fingerprint density at radius 3 is 1.96 bits per heavy atom. The highest BCUT2D eigenvalue weighted by atomic mass is 28.4. The Morgan fingerprint density at radius 1 is 0.913 bits per heavy atom. The molecule has 0 saturated carbocycles. The third-order valence-electron chi connectivity index (χ3n) is 4.54. The van der Waals surface area contributed by atoms with Crippen molar-refractivity contribution in [3.8, 4) is 0 Å². The topological polar surface area (TPSA) is 9.23 Å². The van der Waals surface area contributed by atoms with Gasteiger partial charge in [-0.1, -0.05) is 81.4 Å². The molecule has 0 heterocycles. The van der Waals surface area contributed by atoms with Crippen molar-refractivity contribution in [2.75, 3.05) is 0 Å². The molecule has 0 spiro atoms. The number of allylic oxidation sites excluding steroid dienone is 1. The SMILES string of the molecule is CC(C)(C)[Si](C)(C)O/C(=C\c1ccccc1)Cc1ccccc1. The lowest BCUT2D eigenvalue weighted by molar-refractivity contribution is 0.378. The predicted molar refractivity (Wildman–Crippen MR) is 103 cm³/mol. The Morgan fingerprint density at radius 2 is 1.43 bits per heavy atom. The zero-order chi connectivity index (χ0) is 16.9. The van der Waals surface area contributed by atoms with Crippen molar-refractivity contribution >= 4 is 14.4 Å². The number of hydrogen-bond donors (Lipinski definition) is 0. The van der Waals surface area contributed by atoms with Gasteiger partial charge in [-0.2, -0.15) is 0 Å². The Kier molecular flexibility index (Phi) is 5.48. The van der Waals surface area contributed by atoms with Crippen LogP contribution in [0.2, 0.25) is 18.1 Å². The summed E-state index contributed by atoms with van der Waals surface area (Å²) in [6, 6.07) is 21.0. The van der Waals surface area contributed by atoms with E-state index < -0.39 is 8.32 Å². The molecule has 2 rings (SSSR count). The van der Waals surface area contributed by atoms with Gasteiger partial charge in [-0.15, -0.1) is 0 Å². The second kappa shape index (κ2) is 7.18. The van der Waals surface area contributed by atoms with Crippen LogP contribution in [0.4, 0.5) is 0 Å². The normalized spacial score (nSPS) is 13.0. The first-order valence-electron chi connectivity index (χ1n) is 8.26. The molecule has 0 bridgehead atoms. The number of benzene rings is 2. The van der Waals surface area contributed by atoms with E-state index in [4.69, 9.17) is 4.43 Å². The van der Waals surface area contributed by atoms with Crippen LogP contribution < -0.4 is 0 Å². The molecule has 0 aliphatic carbocycles. The molecule has 1 nitrogen and oxygen atoms in total. The van der Waals surface area contributed by atoms with Gasteiger partial charge in [-0.3, -0.25) is 0 Å². The van der Waals surface area contributed by atoms with Crippen LogP contribution in [0, 0.1) is 0 Å². The molecule has 0 aromatic heterocycles. The second-order valence-electron chi connectivity index (χ2n) is 7.55. The van der Waals surface area contributed by atoms with Crippen molar-refractivity contribution in [1.29, 1.82) is 0 Å². The van der Waals surface area contributed by atoms with E-state index in [0.717, 1.165) is 12.2 Å². The quantitative estimate of drug-likeness (QED) is 0.464. The standard InChI is InChI=1S/C21H28OSi/c1-21(2,3)23(4,5)22-20(16-18-12-8-6-9-13-18)17-19-14-10-7-11-15-19/h6-16H,17H2,1-5H3/b20-16-. The van der Waals surface area contributed by atoms with Crippen LogP contribution >= 0.6 is 0 Å².